The van der Waals surface area contributed by atoms with Crippen LogP contribution >= 0.6 is 0 Å². The van der Waals surface area contributed by atoms with Crippen molar-refractivity contribution in [2.75, 3.05) is 7.05 Å². The number of carbonyl (C=O) groups excluding carboxylic acids is 1. The smallest absolute Gasteiger partial charge is 0.253 e. The van der Waals surface area contributed by atoms with Gasteiger partial charge in [-0.25, -0.2) is 5.06 Å². The predicted octanol–water partition coefficient (Wildman–Crippen LogP) is 3.47. The Morgan fingerprint density at radius 1 is 1.16 bits per heavy atom. The third-order valence-corrected chi connectivity index (χ3v) is 3.23. The molecule has 0 fully saturated rings. The van der Waals surface area contributed by atoms with Gasteiger partial charge in [-0.05, 0) is 29.4 Å². The van der Waals surface area contributed by atoms with Gasteiger partial charge in [0.05, 0.1) is 5.92 Å². The molecule has 0 spiro atoms. The topological polar surface area (TPSA) is 40.5 Å². The van der Waals surface area contributed by atoms with Crippen molar-refractivity contribution in [3.63, 3.8) is 0 Å². The number of hydroxylamine groups is 2. The van der Waals surface area contributed by atoms with Gasteiger partial charge in [0.25, 0.3) is 5.91 Å². The zero-order valence-electron chi connectivity index (χ0n) is 12.6. The number of benzene rings is 1. The third-order valence-electron chi connectivity index (χ3n) is 3.23. The fourth-order valence-electron chi connectivity index (χ4n) is 2.35. The van der Waals surface area contributed by atoms with E-state index in [2.05, 4.69) is 26.0 Å². The lowest BCUT2D eigenvalue weighted by Crippen LogP contribution is -2.31. The van der Waals surface area contributed by atoms with Gasteiger partial charge in [0, 0.05) is 7.05 Å². The number of rotatable bonds is 5. The molecule has 0 unspecified atom stereocenters. The summed E-state index contributed by atoms with van der Waals surface area (Å²) in [4.78, 5) is 12.0. The largest absolute Gasteiger partial charge is 0.286 e. The monoisotopic (exact) mass is 263 g/mol. The average Bonchev–Trinajstić information content (AvgIpc) is 2.30. The Hall–Kier alpha value is -1.35. The molecule has 1 aromatic rings. The Morgan fingerprint density at radius 2 is 1.68 bits per heavy atom. The number of carbonyl (C=O) groups is 1. The van der Waals surface area contributed by atoms with E-state index < -0.39 is 0 Å². The van der Waals surface area contributed by atoms with E-state index in [1.165, 1.54) is 12.6 Å². The molecule has 19 heavy (non-hydrogen) atoms. The second-order valence-corrected chi connectivity index (χ2v) is 5.92. The molecule has 0 saturated heterocycles. The first kappa shape index (κ1) is 15.7. The minimum Gasteiger partial charge on any atom is -0.286 e. The van der Waals surface area contributed by atoms with Crippen molar-refractivity contribution in [2.45, 2.75) is 40.0 Å². The lowest BCUT2D eigenvalue weighted by molar-refractivity contribution is -0.162. The van der Waals surface area contributed by atoms with Crippen molar-refractivity contribution in [1.29, 1.82) is 0 Å². The van der Waals surface area contributed by atoms with Crippen LogP contribution in [0.2, 0.25) is 0 Å². The summed E-state index contributed by atoms with van der Waals surface area (Å²) in [6, 6.07) is 8.16. The van der Waals surface area contributed by atoms with Crippen LogP contribution in [0.25, 0.3) is 0 Å². The summed E-state index contributed by atoms with van der Waals surface area (Å²) in [7, 11) is 1.38. The molecular formula is C16H25NO2. The SMILES string of the molecule is CC(C)Cc1ccc([C@@H](C(=O)N(C)O)C(C)C)cc1. The second-order valence-electron chi connectivity index (χ2n) is 5.92. The Balaban J connectivity index is 2.95. The minimum atomic E-state index is -0.289. The van der Waals surface area contributed by atoms with E-state index in [0.717, 1.165) is 12.0 Å². The van der Waals surface area contributed by atoms with Crippen molar-refractivity contribution in [3.8, 4) is 0 Å². The fraction of sp³-hybridized carbons (Fsp3) is 0.562. The van der Waals surface area contributed by atoms with E-state index in [1.54, 1.807) is 0 Å². The Morgan fingerprint density at radius 3 is 2.05 bits per heavy atom. The molecule has 3 nitrogen and oxygen atoms in total. The van der Waals surface area contributed by atoms with Crippen molar-refractivity contribution in [2.24, 2.45) is 11.8 Å². The van der Waals surface area contributed by atoms with Crippen LogP contribution in [0.4, 0.5) is 0 Å². The van der Waals surface area contributed by atoms with Gasteiger partial charge in [-0.15, -0.1) is 0 Å². The van der Waals surface area contributed by atoms with Crippen molar-refractivity contribution >= 4 is 5.91 Å². The molecule has 0 radical (unpaired) electrons. The second kappa shape index (κ2) is 6.71. The molecule has 0 bridgehead atoms. The maximum absolute atomic E-state index is 12.0. The molecule has 1 atom stereocenters. The molecule has 3 heteroatoms. The number of nitrogens with zero attached hydrogens (tertiary/aromatic N) is 1. The van der Waals surface area contributed by atoms with Gasteiger partial charge >= 0.3 is 0 Å². The van der Waals surface area contributed by atoms with Crippen LogP contribution in [0.1, 0.15) is 44.7 Å². The molecule has 1 rings (SSSR count). The van der Waals surface area contributed by atoms with Gasteiger partial charge in [-0.2, -0.15) is 0 Å². The number of amides is 1. The molecule has 0 aliphatic carbocycles. The highest BCUT2D eigenvalue weighted by molar-refractivity contribution is 5.82. The van der Waals surface area contributed by atoms with Crippen molar-refractivity contribution in [3.05, 3.63) is 35.4 Å². The van der Waals surface area contributed by atoms with E-state index in [-0.39, 0.29) is 17.7 Å². The van der Waals surface area contributed by atoms with Crippen LogP contribution in [0.3, 0.4) is 0 Å². The van der Waals surface area contributed by atoms with Crippen LogP contribution < -0.4 is 0 Å². The highest BCUT2D eigenvalue weighted by atomic mass is 16.5. The molecule has 0 aliphatic rings. The lowest BCUT2D eigenvalue weighted by Gasteiger charge is -2.23. The van der Waals surface area contributed by atoms with Gasteiger partial charge in [-0.3, -0.25) is 10.0 Å². The van der Waals surface area contributed by atoms with Gasteiger partial charge in [0.15, 0.2) is 0 Å². The first-order valence-corrected chi connectivity index (χ1v) is 6.88. The molecule has 0 heterocycles. The molecule has 1 N–H and O–H groups in total. The van der Waals surface area contributed by atoms with E-state index in [1.807, 2.05) is 26.0 Å². The van der Waals surface area contributed by atoms with Crippen LogP contribution in [-0.4, -0.2) is 23.2 Å². The molecule has 0 aromatic heterocycles. The maximum Gasteiger partial charge on any atom is 0.253 e. The maximum atomic E-state index is 12.0. The highest BCUT2D eigenvalue weighted by Crippen LogP contribution is 2.26. The molecule has 0 aliphatic heterocycles. The summed E-state index contributed by atoms with van der Waals surface area (Å²) < 4.78 is 0. The highest BCUT2D eigenvalue weighted by Gasteiger charge is 2.26. The van der Waals surface area contributed by atoms with Gasteiger partial charge < -0.3 is 0 Å². The standard InChI is InChI=1S/C16H25NO2/c1-11(2)10-13-6-8-14(9-7-13)15(12(3)4)16(18)17(5)19/h6-9,11-12,15,19H,10H2,1-5H3/t15-/m0/s1. The van der Waals surface area contributed by atoms with Crippen molar-refractivity contribution < 1.29 is 10.0 Å². The first-order valence-electron chi connectivity index (χ1n) is 6.88. The summed E-state index contributed by atoms with van der Waals surface area (Å²) in [6.07, 6.45) is 1.04. The van der Waals surface area contributed by atoms with Crippen LogP contribution in [-0.2, 0) is 11.2 Å². The predicted molar refractivity (Wildman–Crippen MR) is 77.1 cm³/mol. The molecule has 1 aromatic carbocycles. The number of hydrogen-bond acceptors (Lipinski definition) is 2. The Labute approximate surface area is 116 Å². The minimum absolute atomic E-state index is 0.151. The van der Waals surface area contributed by atoms with Crippen LogP contribution in [0, 0.1) is 11.8 Å². The van der Waals surface area contributed by atoms with E-state index >= 15 is 0 Å². The van der Waals surface area contributed by atoms with Crippen LogP contribution in [0.5, 0.6) is 0 Å². The quantitative estimate of drug-likeness (QED) is 0.652. The fourth-order valence-corrected chi connectivity index (χ4v) is 2.35. The van der Waals surface area contributed by atoms with Crippen molar-refractivity contribution in [1.82, 2.24) is 5.06 Å². The summed E-state index contributed by atoms with van der Waals surface area (Å²) in [5.41, 5.74) is 2.25. The van der Waals surface area contributed by atoms with Gasteiger partial charge in [-0.1, -0.05) is 52.0 Å². The average molecular weight is 263 g/mol. The summed E-state index contributed by atoms with van der Waals surface area (Å²) in [6.45, 7) is 8.37. The first-order chi connectivity index (χ1) is 8.82. The summed E-state index contributed by atoms with van der Waals surface area (Å²) in [5, 5.41) is 10.0. The third kappa shape index (κ3) is 4.35. The molecule has 106 valence electrons. The Bertz CT molecular complexity index is 407. The zero-order chi connectivity index (χ0) is 14.6. The number of hydrogen-bond donors (Lipinski definition) is 1. The lowest BCUT2D eigenvalue weighted by atomic mass is 9.86. The number of likely N-dealkylation sites (N-methyl/N-ethyl adjacent to an activating group) is 1. The molecule has 1 amide bonds. The van der Waals surface area contributed by atoms with Gasteiger partial charge in [0.2, 0.25) is 0 Å². The van der Waals surface area contributed by atoms with E-state index in [0.29, 0.717) is 11.0 Å². The molecule has 0 saturated carbocycles. The summed E-state index contributed by atoms with van der Waals surface area (Å²) in [5.74, 6) is 0.227. The summed E-state index contributed by atoms with van der Waals surface area (Å²) >= 11 is 0. The Kier molecular flexibility index (Phi) is 5.55. The van der Waals surface area contributed by atoms with E-state index in [9.17, 15) is 10.0 Å². The van der Waals surface area contributed by atoms with Gasteiger partial charge in [0.1, 0.15) is 0 Å². The normalized spacial score (nSPS) is 12.8. The van der Waals surface area contributed by atoms with Crippen LogP contribution in [0.15, 0.2) is 24.3 Å². The molecular weight excluding hydrogens is 238 g/mol. The zero-order valence-corrected chi connectivity index (χ0v) is 12.6. The van der Waals surface area contributed by atoms with E-state index in [4.69, 9.17) is 0 Å².